The van der Waals surface area contributed by atoms with Crippen LogP contribution in [0.2, 0.25) is 0 Å². The van der Waals surface area contributed by atoms with Crippen molar-refractivity contribution in [3.63, 3.8) is 0 Å². The number of nitrogens with one attached hydrogen (secondary N) is 2. The molecule has 3 N–H and O–H groups in total. The maximum atomic E-state index is 13.4. The number of amides is 3. The predicted octanol–water partition coefficient (Wildman–Crippen LogP) is 5.53. The zero-order valence-electron chi connectivity index (χ0n) is 20.7. The minimum Gasteiger partial charge on any atom is -0.478 e. The maximum Gasteiger partial charge on any atom is 0.339 e. The summed E-state index contributed by atoms with van der Waals surface area (Å²) in [6.07, 6.45) is 2.46. The number of urea groups is 1. The van der Waals surface area contributed by atoms with E-state index >= 15 is 0 Å². The number of fused-ring (bicyclic) bond motifs is 1. The Morgan fingerprint density at radius 3 is 2.58 bits per heavy atom. The molecule has 38 heavy (non-hydrogen) atoms. The van der Waals surface area contributed by atoms with E-state index < -0.39 is 17.8 Å². The van der Waals surface area contributed by atoms with Gasteiger partial charge in [0, 0.05) is 22.7 Å². The number of carbonyl (C=O) groups excluding carboxylic acids is 2. The first-order chi connectivity index (χ1) is 18.4. The van der Waals surface area contributed by atoms with Crippen molar-refractivity contribution in [3.8, 4) is 0 Å². The number of hydrogen-bond acceptors (Lipinski definition) is 5. The average molecular weight is 535 g/mol. The predicted molar refractivity (Wildman–Crippen MR) is 147 cm³/mol. The van der Waals surface area contributed by atoms with E-state index in [1.165, 1.54) is 18.2 Å². The molecule has 10 heteroatoms. The zero-order valence-corrected chi connectivity index (χ0v) is 21.6. The lowest BCUT2D eigenvalue weighted by molar-refractivity contribution is -0.112. The third-order valence-corrected chi connectivity index (χ3v) is 6.92. The second kappa shape index (κ2) is 12.4. The Hall–Kier alpha value is -4.18. The molecular weight excluding hydrogens is 507 g/mol. The molecule has 8 nitrogen and oxygen atoms in total. The number of carbonyl (C=O) groups is 3. The Bertz CT molecular complexity index is 1380. The Morgan fingerprint density at radius 1 is 1.08 bits per heavy atom. The highest BCUT2D eigenvalue weighted by Crippen LogP contribution is 2.33. The molecule has 1 heterocycles. The molecule has 3 aromatic carbocycles. The van der Waals surface area contributed by atoms with Crippen LogP contribution in [0.15, 0.2) is 76.7 Å². The van der Waals surface area contributed by atoms with Crippen molar-refractivity contribution in [2.45, 2.75) is 31.1 Å². The van der Waals surface area contributed by atoms with Crippen molar-refractivity contribution < 1.29 is 23.9 Å². The van der Waals surface area contributed by atoms with Crippen LogP contribution in [0.4, 0.5) is 20.6 Å². The Balaban J connectivity index is 1.41. The second-order valence-corrected chi connectivity index (χ2v) is 9.79. The summed E-state index contributed by atoms with van der Waals surface area (Å²) in [6.45, 7) is 2.50. The number of nitrogens with zero attached hydrogens (tertiary/aromatic N) is 2. The van der Waals surface area contributed by atoms with E-state index in [2.05, 4.69) is 15.8 Å². The molecule has 0 saturated carbocycles. The third kappa shape index (κ3) is 6.57. The molecule has 196 valence electrons. The van der Waals surface area contributed by atoms with Crippen molar-refractivity contribution in [2.24, 2.45) is 5.10 Å². The fourth-order valence-electron chi connectivity index (χ4n) is 4.05. The van der Waals surface area contributed by atoms with Gasteiger partial charge in [-0.2, -0.15) is 5.10 Å². The lowest BCUT2D eigenvalue weighted by atomic mass is 10.1. The monoisotopic (exact) mass is 534 g/mol. The van der Waals surface area contributed by atoms with Gasteiger partial charge in [0.1, 0.15) is 5.82 Å². The number of aryl methyl sites for hydroxylation is 1. The van der Waals surface area contributed by atoms with Crippen LogP contribution in [0.25, 0.3) is 0 Å². The number of hydrazone groups is 1. The number of carboxylic acid groups (broad SMARTS) is 1. The number of thioether (sulfide) groups is 1. The lowest BCUT2D eigenvalue weighted by Gasteiger charge is -2.15. The van der Waals surface area contributed by atoms with Crippen LogP contribution in [-0.4, -0.2) is 41.0 Å². The number of rotatable bonds is 10. The number of aromatic carboxylic acids is 1. The minimum atomic E-state index is -0.940. The van der Waals surface area contributed by atoms with Crippen LogP contribution in [-0.2, 0) is 11.2 Å². The highest BCUT2D eigenvalue weighted by Gasteiger charge is 2.34. The molecule has 0 saturated heterocycles. The molecule has 0 bridgehead atoms. The van der Waals surface area contributed by atoms with E-state index in [9.17, 15) is 18.8 Å². The van der Waals surface area contributed by atoms with Crippen molar-refractivity contribution in [1.29, 1.82) is 0 Å². The molecule has 0 aliphatic carbocycles. The molecule has 0 fully saturated rings. The SMILES string of the molecule is CCCN1C(=O)C(=NNC(=O)Nc2cccc(F)c2)c2cc(SCCCc3ccc(C(=O)O)cc3)ccc21. The van der Waals surface area contributed by atoms with E-state index in [0.717, 1.165) is 41.2 Å². The molecule has 0 atom stereocenters. The fraction of sp³-hybridized carbons (Fsp3) is 0.214. The highest BCUT2D eigenvalue weighted by atomic mass is 32.2. The van der Waals surface area contributed by atoms with Crippen molar-refractivity contribution >= 4 is 46.8 Å². The van der Waals surface area contributed by atoms with Gasteiger partial charge in [0.05, 0.1) is 11.3 Å². The van der Waals surface area contributed by atoms with Gasteiger partial charge in [0.25, 0.3) is 5.91 Å². The van der Waals surface area contributed by atoms with E-state index in [1.54, 1.807) is 34.9 Å². The van der Waals surface area contributed by atoms with E-state index in [1.807, 2.05) is 37.3 Å². The molecule has 0 aromatic heterocycles. The topological polar surface area (TPSA) is 111 Å². The smallest absolute Gasteiger partial charge is 0.339 e. The first-order valence-corrected chi connectivity index (χ1v) is 13.2. The quantitative estimate of drug-likeness (QED) is 0.180. The highest BCUT2D eigenvalue weighted by molar-refractivity contribution is 7.99. The Morgan fingerprint density at radius 2 is 1.87 bits per heavy atom. The first-order valence-electron chi connectivity index (χ1n) is 12.2. The van der Waals surface area contributed by atoms with Crippen LogP contribution in [0.1, 0.15) is 41.3 Å². The van der Waals surface area contributed by atoms with Gasteiger partial charge < -0.3 is 15.3 Å². The first kappa shape index (κ1) is 26.9. The summed E-state index contributed by atoms with van der Waals surface area (Å²) in [5, 5.41) is 15.6. The third-order valence-electron chi connectivity index (χ3n) is 5.84. The van der Waals surface area contributed by atoms with E-state index in [0.29, 0.717) is 12.1 Å². The molecular formula is C28H27FN4O4S. The Kier molecular flexibility index (Phi) is 8.75. The van der Waals surface area contributed by atoms with Gasteiger partial charge in [-0.3, -0.25) is 4.79 Å². The van der Waals surface area contributed by atoms with Gasteiger partial charge in [-0.05, 0) is 79.1 Å². The van der Waals surface area contributed by atoms with Gasteiger partial charge in [-0.25, -0.2) is 19.4 Å². The van der Waals surface area contributed by atoms with Gasteiger partial charge in [-0.1, -0.05) is 25.1 Å². The molecule has 3 aromatic rings. The number of benzene rings is 3. The summed E-state index contributed by atoms with van der Waals surface area (Å²) in [5.41, 5.74) is 5.49. The normalized spacial score (nSPS) is 13.5. The largest absolute Gasteiger partial charge is 0.478 e. The maximum absolute atomic E-state index is 13.4. The van der Waals surface area contributed by atoms with Crippen LogP contribution in [0.5, 0.6) is 0 Å². The van der Waals surface area contributed by atoms with Crippen molar-refractivity contribution in [1.82, 2.24) is 5.43 Å². The van der Waals surface area contributed by atoms with Crippen LogP contribution in [0, 0.1) is 5.82 Å². The Labute approximate surface area is 223 Å². The number of halogens is 1. The standard InChI is InChI=1S/C28H27FN4O4S/c1-2-14-33-24-13-12-22(38-15-4-5-18-8-10-19(11-9-18)27(35)36)17-23(24)25(26(33)34)31-32-28(37)30-21-7-3-6-20(29)16-21/h3,6-13,16-17H,2,4-5,14-15H2,1H3,(H,35,36)(H2,30,32,37). The summed E-state index contributed by atoms with van der Waals surface area (Å²) >= 11 is 1.64. The van der Waals surface area contributed by atoms with Crippen molar-refractivity contribution in [2.75, 3.05) is 22.5 Å². The van der Waals surface area contributed by atoms with Crippen LogP contribution < -0.4 is 15.6 Å². The summed E-state index contributed by atoms with van der Waals surface area (Å²) in [5.74, 6) is -0.887. The minimum absolute atomic E-state index is 0.142. The number of hydrogen-bond donors (Lipinski definition) is 3. The zero-order chi connectivity index (χ0) is 27.1. The van der Waals surface area contributed by atoms with E-state index in [4.69, 9.17) is 5.11 Å². The molecule has 4 rings (SSSR count). The van der Waals surface area contributed by atoms with Crippen LogP contribution in [0.3, 0.4) is 0 Å². The lowest BCUT2D eigenvalue weighted by Crippen LogP contribution is -2.33. The fourth-order valence-corrected chi connectivity index (χ4v) is 4.94. The van der Waals surface area contributed by atoms with Gasteiger partial charge in [-0.15, -0.1) is 11.8 Å². The molecule has 0 radical (unpaired) electrons. The number of anilines is 2. The molecule has 3 amide bonds. The average Bonchev–Trinajstić information content (AvgIpc) is 3.15. The molecule has 0 spiro atoms. The summed E-state index contributed by atoms with van der Waals surface area (Å²) in [6, 6.07) is 17.4. The van der Waals surface area contributed by atoms with Gasteiger partial charge >= 0.3 is 12.0 Å². The molecule has 0 unspecified atom stereocenters. The summed E-state index contributed by atoms with van der Waals surface area (Å²) < 4.78 is 13.4. The molecule has 1 aliphatic heterocycles. The summed E-state index contributed by atoms with van der Waals surface area (Å²) in [7, 11) is 0. The van der Waals surface area contributed by atoms with Crippen LogP contribution >= 0.6 is 11.8 Å². The van der Waals surface area contributed by atoms with Gasteiger partial charge in [0.2, 0.25) is 0 Å². The van der Waals surface area contributed by atoms with Crippen molar-refractivity contribution in [3.05, 3.63) is 89.2 Å². The second-order valence-electron chi connectivity index (χ2n) is 8.63. The number of carboxylic acids is 1. The molecule has 1 aliphatic rings. The van der Waals surface area contributed by atoms with Gasteiger partial charge in [0.15, 0.2) is 5.71 Å². The summed E-state index contributed by atoms with van der Waals surface area (Å²) in [4.78, 5) is 39.0. The van der Waals surface area contributed by atoms with E-state index in [-0.39, 0.29) is 22.9 Å².